The van der Waals surface area contributed by atoms with Crippen LogP contribution >= 0.6 is 11.6 Å². The monoisotopic (exact) mass is 296 g/mol. The molecule has 18 heavy (non-hydrogen) atoms. The van der Waals surface area contributed by atoms with Gasteiger partial charge in [0.1, 0.15) is 0 Å². The molecule has 1 saturated heterocycles. The summed E-state index contributed by atoms with van der Waals surface area (Å²) in [6.07, 6.45) is 3.63. The lowest BCUT2D eigenvalue weighted by atomic mass is 10.0. The molecule has 0 radical (unpaired) electrons. The molecule has 0 saturated carbocycles. The Hall–Kier alpha value is 0.160. The zero-order valence-corrected chi connectivity index (χ0v) is 13.2. The molecule has 0 aliphatic carbocycles. The van der Waals surface area contributed by atoms with Crippen molar-refractivity contribution in [3.63, 3.8) is 0 Å². The number of alkyl halides is 1. The molecule has 0 aromatic heterocycles. The summed E-state index contributed by atoms with van der Waals surface area (Å²) in [7, 11) is -1.63. The standard InChI is InChI=1S/C12H25ClN2O2S/c1-4-12(5-2)14(3)18(16,17)15-8-6-7-11(9-13)10-15/h11-12H,4-10H2,1-3H3. The first-order valence-corrected chi connectivity index (χ1v) is 8.69. The molecule has 0 aromatic rings. The molecule has 4 nitrogen and oxygen atoms in total. The van der Waals surface area contributed by atoms with Crippen LogP contribution < -0.4 is 0 Å². The van der Waals surface area contributed by atoms with Crippen molar-refractivity contribution in [2.45, 2.75) is 45.6 Å². The molecule has 0 spiro atoms. The van der Waals surface area contributed by atoms with Gasteiger partial charge in [0.2, 0.25) is 0 Å². The zero-order chi connectivity index (χ0) is 13.8. The molecule has 1 unspecified atom stereocenters. The topological polar surface area (TPSA) is 40.6 Å². The number of hydrogen-bond donors (Lipinski definition) is 0. The van der Waals surface area contributed by atoms with E-state index < -0.39 is 10.2 Å². The van der Waals surface area contributed by atoms with Gasteiger partial charge in [0.25, 0.3) is 10.2 Å². The highest BCUT2D eigenvalue weighted by Crippen LogP contribution is 2.23. The molecule has 1 rings (SSSR count). The highest BCUT2D eigenvalue weighted by atomic mass is 35.5. The molecular formula is C12H25ClN2O2S. The van der Waals surface area contributed by atoms with Gasteiger partial charge in [-0.05, 0) is 31.6 Å². The van der Waals surface area contributed by atoms with Gasteiger partial charge in [-0.3, -0.25) is 0 Å². The van der Waals surface area contributed by atoms with Crippen LogP contribution in [0.3, 0.4) is 0 Å². The number of hydrogen-bond acceptors (Lipinski definition) is 2. The number of halogens is 1. The second-order valence-corrected chi connectivity index (χ2v) is 7.31. The minimum atomic E-state index is -3.32. The number of piperidine rings is 1. The fourth-order valence-electron chi connectivity index (χ4n) is 2.54. The van der Waals surface area contributed by atoms with Crippen LogP contribution in [-0.2, 0) is 10.2 Å². The van der Waals surface area contributed by atoms with Crippen LogP contribution in [0.5, 0.6) is 0 Å². The number of nitrogens with zero attached hydrogens (tertiary/aromatic N) is 2. The molecule has 1 fully saturated rings. The fourth-order valence-corrected chi connectivity index (χ4v) is 4.59. The maximum absolute atomic E-state index is 12.5. The second-order valence-electron chi connectivity index (χ2n) is 5.01. The molecule has 1 aliphatic heterocycles. The first kappa shape index (κ1) is 16.2. The summed E-state index contributed by atoms with van der Waals surface area (Å²) >= 11 is 5.86. The molecule has 1 aliphatic rings. The van der Waals surface area contributed by atoms with Crippen LogP contribution in [0.15, 0.2) is 0 Å². The van der Waals surface area contributed by atoms with Crippen molar-refractivity contribution in [1.82, 2.24) is 8.61 Å². The van der Waals surface area contributed by atoms with Crippen LogP contribution in [0.1, 0.15) is 39.5 Å². The lowest BCUT2D eigenvalue weighted by Gasteiger charge is -2.36. The van der Waals surface area contributed by atoms with Crippen LogP contribution in [0.2, 0.25) is 0 Å². The molecule has 1 heterocycles. The fraction of sp³-hybridized carbons (Fsp3) is 1.00. The molecule has 0 bridgehead atoms. The summed E-state index contributed by atoms with van der Waals surface area (Å²) in [5, 5.41) is 0. The first-order chi connectivity index (χ1) is 8.47. The van der Waals surface area contributed by atoms with Gasteiger partial charge in [-0.1, -0.05) is 13.8 Å². The Morgan fingerprint density at radius 3 is 2.50 bits per heavy atom. The predicted octanol–water partition coefficient (Wildman–Crippen LogP) is 2.30. The van der Waals surface area contributed by atoms with Crippen LogP contribution in [-0.4, -0.2) is 49.1 Å². The second kappa shape index (κ2) is 7.08. The van der Waals surface area contributed by atoms with Crippen molar-refractivity contribution >= 4 is 21.8 Å². The average Bonchev–Trinajstić information content (AvgIpc) is 2.40. The Balaban J connectivity index is 2.78. The Morgan fingerprint density at radius 1 is 1.39 bits per heavy atom. The van der Waals surface area contributed by atoms with E-state index in [-0.39, 0.29) is 6.04 Å². The minimum Gasteiger partial charge on any atom is -0.195 e. The highest BCUT2D eigenvalue weighted by Gasteiger charge is 2.33. The normalized spacial score (nSPS) is 22.9. The van der Waals surface area contributed by atoms with Crippen molar-refractivity contribution in [3.05, 3.63) is 0 Å². The third kappa shape index (κ3) is 3.59. The molecule has 0 amide bonds. The number of rotatable bonds is 6. The van der Waals surface area contributed by atoms with Gasteiger partial charge in [-0.15, -0.1) is 11.6 Å². The Bertz CT molecular complexity index is 344. The van der Waals surface area contributed by atoms with E-state index in [2.05, 4.69) is 0 Å². The van der Waals surface area contributed by atoms with E-state index in [4.69, 9.17) is 11.6 Å². The smallest absolute Gasteiger partial charge is 0.195 e. The summed E-state index contributed by atoms with van der Waals surface area (Å²) in [6.45, 7) is 5.24. The molecular weight excluding hydrogens is 272 g/mol. The Morgan fingerprint density at radius 2 is 2.00 bits per heavy atom. The van der Waals surface area contributed by atoms with E-state index >= 15 is 0 Å². The van der Waals surface area contributed by atoms with E-state index in [1.165, 1.54) is 4.31 Å². The van der Waals surface area contributed by atoms with Crippen molar-refractivity contribution < 1.29 is 8.42 Å². The lowest BCUT2D eigenvalue weighted by Crippen LogP contribution is -2.49. The van der Waals surface area contributed by atoms with Crippen molar-refractivity contribution in [2.24, 2.45) is 5.92 Å². The average molecular weight is 297 g/mol. The van der Waals surface area contributed by atoms with E-state index in [1.807, 2.05) is 13.8 Å². The zero-order valence-electron chi connectivity index (χ0n) is 11.6. The van der Waals surface area contributed by atoms with E-state index in [1.54, 1.807) is 11.4 Å². The van der Waals surface area contributed by atoms with Gasteiger partial charge >= 0.3 is 0 Å². The van der Waals surface area contributed by atoms with Crippen LogP contribution in [0.4, 0.5) is 0 Å². The maximum Gasteiger partial charge on any atom is 0.281 e. The summed E-state index contributed by atoms with van der Waals surface area (Å²) in [4.78, 5) is 0. The van der Waals surface area contributed by atoms with E-state index in [9.17, 15) is 8.42 Å². The van der Waals surface area contributed by atoms with Crippen LogP contribution in [0.25, 0.3) is 0 Å². The van der Waals surface area contributed by atoms with Gasteiger partial charge in [0.05, 0.1) is 0 Å². The van der Waals surface area contributed by atoms with Crippen molar-refractivity contribution in [3.8, 4) is 0 Å². The largest absolute Gasteiger partial charge is 0.281 e. The Labute approximate surface area is 116 Å². The third-order valence-corrected chi connectivity index (χ3v) is 6.29. The molecule has 0 aromatic carbocycles. The maximum atomic E-state index is 12.5. The van der Waals surface area contributed by atoms with E-state index in [0.717, 1.165) is 25.7 Å². The van der Waals surface area contributed by atoms with Gasteiger partial charge < -0.3 is 0 Å². The van der Waals surface area contributed by atoms with Gasteiger partial charge in [-0.25, -0.2) is 0 Å². The van der Waals surface area contributed by atoms with Crippen molar-refractivity contribution in [2.75, 3.05) is 26.0 Å². The summed E-state index contributed by atoms with van der Waals surface area (Å²) in [5.74, 6) is 0.839. The summed E-state index contributed by atoms with van der Waals surface area (Å²) < 4.78 is 28.2. The lowest BCUT2D eigenvalue weighted by molar-refractivity contribution is 0.249. The molecule has 1 atom stereocenters. The summed E-state index contributed by atoms with van der Waals surface area (Å²) in [6, 6.07) is 0.0892. The summed E-state index contributed by atoms with van der Waals surface area (Å²) in [5.41, 5.74) is 0. The highest BCUT2D eigenvalue weighted by molar-refractivity contribution is 7.86. The van der Waals surface area contributed by atoms with Gasteiger partial charge in [0.15, 0.2) is 0 Å². The minimum absolute atomic E-state index is 0.0892. The van der Waals surface area contributed by atoms with E-state index in [0.29, 0.717) is 24.9 Å². The van der Waals surface area contributed by atoms with Crippen molar-refractivity contribution in [1.29, 1.82) is 0 Å². The van der Waals surface area contributed by atoms with Gasteiger partial charge in [-0.2, -0.15) is 17.0 Å². The van der Waals surface area contributed by atoms with Crippen LogP contribution in [0, 0.1) is 5.92 Å². The molecule has 6 heteroatoms. The predicted molar refractivity (Wildman–Crippen MR) is 76.1 cm³/mol. The Kier molecular flexibility index (Phi) is 6.38. The molecule has 108 valence electrons. The SMILES string of the molecule is CCC(CC)N(C)S(=O)(=O)N1CCCC(CCl)C1. The quantitative estimate of drug-likeness (QED) is 0.706. The third-order valence-electron chi connectivity index (χ3n) is 3.85. The van der Waals surface area contributed by atoms with Gasteiger partial charge in [0, 0.05) is 32.1 Å². The first-order valence-electron chi connectivity index (χ1n) is 6.76. The molecule has 0 N–H and O–H groups in total.